The van der Waals surface area contributed by atoms with Crippen LogP contribution >= 0.6 is 0 Å². The summed E-state index contributed by atoms with van der Waals surface area (Å²) in [5.74, 6) is -5.50. The van der Waals surface area contributed by atoms with E-state index >= 15 is 0 Å². The first kappa shape index (κ1) is 12.9. The van der Waals surface area contributed by atoms with Gasteiger partial charge in [-0.15, -0.1) is 0 Å². The molecule has 2 unspecified atom stereocenters. The molecule has 9 heteroatoms. The number of aliphatic hydroxyl groups is 2. The molecule has 1 saturated heterocycles. The second kappa shape index (κ2) is 4.26. The Morgan fingerprint density at radius 1 is 1.61 bits per heavy atom. The summed E-state index contributed by atoms with van der Waals surface area (Å²) in [6, 6.07) is 1.17. The van der Waals surface area contributed by atoms with Crippen LogP contribution in [0.1, 0.15) is 6.23 Å². The van der Waals surface area contributed by atoms with E-state index in [0.717, 1.165) is 6.20 Å². The fraction of sp³-hybridized carbons (Fsp3) is 0.556. The summed E-state index contributed by atoms with van der Waals surface area (Å²) in [5.41, 5.74) is 4.24. The number of ether oxygens (including phenoxy) is 1. The maximum absolute atomic E-state index is 13.8. The Labute approximate surface area is 99.4 Å². The van der Waals surface area contributed by atoms with E-state index in [4.69, 9.17) is 20.7 Å². The Bertz CT molecular complexity index is 505. The normalized spacial score (nSPS) is 26.7. The van der Waals surface area contributed by atoms with Crippen LogP contribution < -0.4 is 11.4 Å². The largest absolute Gasteiger partial charge is 0.383 e. The van der Waals surface area contributed by atoms with Crippen molar-refractivity contribution < 1.29 is 23.7 Å². The van der Waals surface area contributed by atoms with Crippen molar-refractivity contribution in [3.63, 3.8) is 0 Å². The number of anilines is 1. The number of alkyl halides is 2. The molecule has 1 fully saturated rings. The summed E-state index contributed by atoms with van der Waals surface area (Å²) in [4.78, 5) is 14.7. The third kappa shape index (κ3) is 1.96. The number of rotatable bonds is 2. The molecule has 18 heavy (non-hydrogen) atoms. The van der Waals surface area contributed by atoms with Gasteiger partial charge in [0.15, 0.2) is 6.29 Å². The monoisotopic (exact) mass is 263 g/mol. The highest BCUT2D eigenvalue weighted by Crippen LogP contribution is 2.43. The molecule has 2 rings (SSSR count). The van der Waals surface area contributed by atoms with Gasteiger partial charge in [-0.25, -0.2) is 13.6 Å². The molecule has 7 nitrogen and oxygen atoms in total. The van der Waals surface area contributed by atoms with Crippen molar-refractivity contribution in [1.82, 2.24) is 9.55 Å². The topological polar surface area (TPSA) is 111 Å². The lowest BCUT2D eigenvalue weighted by molar-refractivity contribution is -0.178. The molecule has 0 amide bonds. The van der Waals surface area contributed by atoms with Crippen molar-refractivity contribution in [2.24, 2.45) is 5.92 Å². The Hall–Kier alpha value is -1.58. The van der Waals surface area contributed by atoms with E-state index in [9.17, 15) is 13.6 Å². The fourth-order valence-corrected chi connectivity index (χ4v) is 1.76. The molecule has 1 aromatic heterocycles. The number of aromatic nitrogens is 2. The van der Waals surface area contributed by atoms with Gasteiger partial charge in [-0.05, 0) is 6.07 Å². The Kier molecular flexibility index (Phi) is 3.05. The van der Waals surface area contributed by atoms with Gasteiger partial charge in [0.25, 0.3) is 0 Å². The van der Waals surface area contributed by atoms with Crippen LogP contribution in [0.4, 0.5) is 14.6 Å². The minimum absolute atomic E-state index is 0.101. The van der Waals surface area contributed by atoms with Gasteiger partial charge in [-0.1, -0.05) is 0 Å². The van der Waals surface area contributed by atoms with Gasteiger partial charge >= 0.3 is 11.6 Å². The van der Waals surface area contributed by atoms with E-state index in [1.165, 1.54) is 6.07 Å². The van der Waals surface area contributed by atoms with Gasteiger partial charge in [0.2, 0.25) is 6.23 Å². The van der Waals surface area contributed by atoms with Crippen LogP contribution in [-0.4, -0.2) is 38.6 Å². The van der Waals surface area contributed by atoms with Crippen LogP contribution in [0.25, 0.3) is 0 Å². The zero-order valence-electron chi connectivity index (χ0n) is 9.03. The second-order valence-electron chi connectivity index (χ2n) is 3.92. The zero-order valence-corrected chi connectivity index (χ0v) is 9.03. The highest BCUT2D eigenvalue weighted by atomic mass is 19.3. The molecule has 1 aromatic rings. The van der Waals surface area contributed by atoms with Gasteiger partial charge < -0.3 is 20.7 Å². The van der Waals surface area contributed by atoms with Crippen LogP contribution in [-0.2, 0) is 4.74 Å². The van der Waals surface area contributed by atoms with Gasteiger partial charge in [0, 0.05) is 6.20 Å². The number of nitrogens with zero attached hydrogens (tertiary/aromatic N) is 2. The van der Waals surface area contributed by atoms with Gasteiger partial charge in [-0.3, -0.25) is 4.57 Å². The summed E-state index contributed by atoms with van der Waals surface area (Å²) in [7, 11) is 0. The number of halogens is 2. The van der Waals surface area contributed by atoms with Crippen LogP contribution in [0.2, 0.25) is 0 Å². The maximum Gasteiger partial charge on any atom is 0.351 e. The van der Waals surface area contributed by atoms with Gasteiger partial charge in [0.1, 0.15) is 11.7 Å². The van der Waals surface area contributed by atoms with Crippen LogP contribution in [0.5, 0.6) is 0 Å². The molecule has 0 saturated carbocycles. The van der Waals surface area contributed by atoms with Crippen molar-refractivity contribution in [2.45, 2.75) is 18.4 Å². The van der Waals surface area contributed by atoms with Gasteiger partial charge in [0.05, 0.1) is 6.61 Å². The molecule has 1 aliphatic heterocycles. The molecule has 1 aliphatic rings. The van der Waals surface area contributed by atoms with Crippen LogP contribution in [0.3, 0.4) is 0 Å². The van der Waals surface area contributed by atoms with Crippen molar-refractivity contribution in [3.8, 4) is 0 Å². The number of nitrogen functional groups attached to an aromatic ring is 1. The molecule has 0 spiro atoms. The summed E-state index contributed by atoms with van der Waals surface area (Å²) in [6.07, 6.45) is -3.14. The number of aliphatic hydroxyl groups excluding tert-OH is 1. The van der Waals surface area contributed by atoms with Crippen molar-refractivity contribution in [1.29, 1.82) is 0 Å². The van der Waals surface area contributed by atoms with Crippen molar-refractivity contribution in [3.05, 3.63) is 22.7 Å². The molecule has 0 aliphatic carbocycles. The average molecular weight is 263 g/mol. The minimum atomic E-state index is -3.60. The predicted molar refractivity (Wildman–Crippen MR) is 54.6 cm³/mol. The third-order valence-electron chi connectivity index (χ3n) is 2.72. The SMILES string of the molecule is Nc1ccn(C2OCC(C(O)O)C2(F)F)c(=O)n1. The summed E-state index contributed by atoms with van der Waals surface area (Å²) in [5, 5.41) is 17.7. The number of hydrogen-bond donors (Lipinski definition) is 3. The third-order valence-corrected chi connectivity index (χ3v) is 2.72. The molecule has 100 valence electrons. The van der Waals surface area contributed by atoms with Crippen molar-refractivity contribution >= 4 is 5.82 Å². The lowest BCUT2D eigenvalue weighted by atomic mass is 10.0. The lowest BCUT2D eigenvalue weighted by Gasteiger charge is -2.24. The molecular formula is C9H11F2N3O4. The molecule has 2 heterocycles. The predicted octanol–water partition coefficient (Wildman–Crippen LogP) is -1.08. The highest BCUT2D eigenvalue weighted by molar-refractivity contribution is 5.23. The molecular weight excluding hydrogens is 252 g/mol. The zero-order chi connectivity index (χ0) is 13.5. The van der Waals surface area contributed by atoms with Crippen molar-refractivity contribution in [2.75, 3.05) is 12.3 Å². The molecule has 0 radical (unpaired) electrons. The average Bonchev–Trinajstić information content (AvgIpc) is 2.54. The maximum atomic E-state index is 13.8. The standard InChI is InChI=1S/C9H11F2N3O4/c10-9(11)4(6(15)16)3-18-7(9)14-2-1-5(12)13-8(14)17/h1-2,4,6-7,15-16H,3H2,(H2,12,13,17). The van der Waals surface area contributed by atoms with Crippen LogP contribution in [0.15, 0.2) is 17.1 Å². The Morgan fingerprint density at radius 3 is 2.78 bits per heavy atom. The van der Waals surface area contributed by atoms with E-state index in [0.29, 0.717) is 4.57 Å². The van der Waals surface area contributed by atoms with Gasteiger partial charge in [-0.2, -0.15) is 4.98 Å². The van der Waals surface area contributed by atoms with Crippen LogP contribution in [0, 0.1) is 5.92 Å². The summed E-state index contributed by atoms with van der Waals surface area (Å²) in [6.45, 7) is -0.577. The molecule has 0 bridgehead atoms. The first-order valence-corrected chi connectivity index (χ1v) is 5.04. The minimum Gasteiger partial charge on any atom is -0.383 e. The number of hydrogen-bond acceptors (Lipinski definition) is 6. The van der Waals surface area contributed by atoms with E-state index in [1.807, 2.05) is 0 Å². The Balaban J connectivity index is 2.38. The fourth-order valence-electron chi connectivity index (χ4n) is 1.76. The molecule has 0 aromatic carbocycles. The van der Waals surface area contributed by atoms with E-state index < -0.39 is 36.7 Å². The molecule has 4 N–H and O–H groups in total. The quantitative estimate of drug-likeness (QED) is 0.585. The van der Waals surface area contributed by atoms with E-state index in [-0.39, 0.29) is 5.82 Å². The Morgan fingerprint density at radius 2 is 2.28 bits per heavy atom. The second-order valence-corrected chi connectivity index (χ2v) is 3.92. The molecule has 2 atom stereocenters. The summed E-state index contributed by atoms with van der Waals surface area (Å²) >= 11 is 0. The highest BCUT2D eigenvalue weighted by Gasteiger charge is 2.57. The smallest absolute Gasteiger partial charge is 0.351 e. The lowest BCUT2D eigenvalue weighted by Crippen LogP contribution is -2.41. The van der Waals surface area contributed by atoms with E-state index in [1.54, 1.807) is 0 Å². The number of nitrogens with two attached hydrogens (primary N) is 1. The summed E-state index contributed by atoms with van der Waals surface area (Å²) < 4.78 is 33.0. The first-order chi connectivity index (χ1) is 8.34. The first-order valence-electron chi connectivity index (χ1n) is 5.04. The van der Waals surface area contributed by atoms with E-state index in [2.05, 4.69) is 4.98 Å².